The molecule has 0 unspecified atom stereocenters. The highest BCUT2D eigenvalue weighted by Gasteiger charge is 2.00. The maximum Gasteiger partial charge on any atom is 0.0650 e. The smallest absolute Gasteiger partial charge is 0.0650 e. The van der Waals surface area contributed by atoms with Crippen molar-refractivity contribution in [3.8, 4) is 11.3 Å². The van der Waals surface area contributed by atoms with Crippen LogP contribution in [0.1, 0.15) is 5.56 Å². The number of anilines is 1. The van der Waals surface area contributed by atoms with Crippen LogP contribution >= 0.6 is 15.9 Å². The van der Waals surface area contributed by atoms with Crippen LogP contribution in [-0.2, 0) is 6.54 Å². The number of aromatic nitrogens is 2. The number of rotatable bonds is 4. The molecule has 0 aliphatic rings. The third-order valence-corrected chi connectivity index (χ3v) is 3.61. The summed E-state index contributed by atoms with van der Waals surface area (Å²) in [6, 6.07) is 18.6. The zero-order valence-corrected chi connectivity index (χ0v) is 12.4. The van der Waals surface area contributed by atoms with Gasteiger partial charge < -0.3 is 5.32 Å². The minimum absolute atomic E-state index is 0.805. The second-order valence-corrected chi connectivity index (χ2v) is 5.45. The zero-order valence-electron chi connectivity index (χ0n) is 10.8. The van der Waals surface area contributed by atoms with Crippen LogP contribution in [0, 0.1) is 0 Å². The molecule has 1 heterocycles. The van der Waals surface area contributed by atoms with Gasteiger partial charge in [-0.15, -0.1) is 0 Å². The molecule has 3 nitrogen and oxygen atoms in total. The second kappa shape index (κ2) is 5.92. The first kappa shape index (κ1) is 12.9. The molecule has 20 heavy (non-hydrogen) atoms. The number of benzene rings is 2. The van der Waals surface area contributed by atoms with Crippen molar-refractivity contribution in [3.63, 3.8) is 0 Å². The Morgan fingerprint density at radius 2 is 1.90 bits per heavy atom. The summed E-state index contributed by atoms with van der Waals surface area (Å²) in [6.07, 6.45) is 1.76. The molecule has 3 aromatic rings. The van der Waals surface area contributed by atoms with E-state index < -0.39 is 0 Å². The predicted octanol–water partition coefficient (Wildman–Crippen LogP) is 4.45. The molecule has 0 amide bonds. The number of aromatic amines is 1. The van der Waals surface area contributed by atoms with Gasteiger partial charge in [-0.05, 0) is 35.9 Å². The van der Waals surface area contributed by atoms with E-state index in [2.05, 4.69) is 73.9 Å². The van der Waals surface area contributed by atoms with Crippen molar-refractivity contribution in [2.24, 2.45) is 0 Å². The first-order chi connectivity index (χ1) is 9.81. The van der Waals surface area contributed by atoms with E-state index in [-0.39, 0.29) is 0 Å². The van der Waals surface area contributed by atoms with Crippen LogP contribution in [0.5, 0.6) is 0 Å². The summed E-state index contributed by atoms with van der Waals surface area (Å²) in [6.45, 7) is 0.805. The summed E-state index contributed by atoms with van der Waals surface area (Å²) in [5, 5.41) is 10.4. The maximum absolute atomic E-state index is 3.98. The minimum atomic E-state index is 0.805. The normalized spacial score (nSPS) is 10.4. The Hall–Kier alpha value is -2.07. The molecular formula is C16H14BrN3. The molecule has 2 aromatic carbocycles. The summed E-state index contributed by atoms with van der Waals surface area (Å²) in [5.41, 5.74) is 4.50. The van der Waals surface area contributed by atoms with Crippen LogP contribution in [0.25, 0.3) is 11.3 Å². The average Bonchev–Trinajstić information content (AvgIpc) is 3.01. The van der Waals surface area contributed by atoms with Gasteiger partial charge >= 0.3 is 0 Å². The van der Waals surface area contributed by atoms with E-state index in [9.17, 15) is 0 Å². The number of nitrogens with zero attached hydrogens (tertiary/aromatic N) is 1. The molecule has 0 aliphatic carbocycles. The van der Waals surface area contributed by atoms with Gasteiger partial charge in [0.2, 0.25) is 0 Å². The summed E-state index contributed by atoms with van der Waals surface area (Å²) < 4.78 is 1.10. The lowest BCUT2D eigenvalue weighted by Gasteiger charge is -2.08. The standard InChI is InChI=1S/C16H14BrN3/c17-14-6-4-12(5-7-14)11-18-15-3-1-2-13(10-15)16-8-9-19-20-16/h1-10,18H,11H2,(H,19,20). The van der Waals surface area contributed by atoms with Crippen molar-refractivity contribution >= 4 is 21.6 Å². The van der Waals surface area contributed by atoms with E-state index in [1.54, 1.807) is 6.20 Å². The van der Waals surface area contributed by atoms with Gasteiger partial charge in [-0.2, -0.15) is 5.10 Å². The maximum atomic E-state index is 3.98. The van der Waals surface area contributed by atoms with Gasteiger partial charge in [0.1, 0.15) is 0 Å². The van der Waals surface area contributed by atoms with E-state index in [4.69, 9.17) is 0 Å². The van der Waals surface area contributed by atoms with Gasteiger partial charge in [0.25, 0.3) is 0 Å². The molecule has 0 saturated heterocycles. The number of H-pyrrole nitrogens is 1. The molecule has 0 bridgehead atoms. The molecular weight excluding hydrogens is 314 g/mol. The Morgan fingerprint density at radius 3 is 2.65 bits per heavy atom. The Kier molecular flexibility index (Phi) is 3.83. The highest BCUT2D eigenvalue weighted by molar-refractivity contribution is 9.10. The number of halogens is 1. The average molecular weight is 328 g/mol. The number of hydrogen-bond donors (Lipinski definition) is 2. The van der Waals surface area contributed by atoms with E-state index in [0.717, 1.165) is 28.0 Å². The molecule has 2 N–H and O–H groups in total. The summed E-state index contributed by atoms with van der Waals surface area (Å²) >= 11 is 3.44. The molecule has 0 spiro atoms. The zero-order chi connectivity index (χ0) is 13.8. The monoisotopic (exact) mass is 327 g/mol. The quantitative estimate of drug-likeness (QED) is 0.743. The van der Waals surface area contributed by atoms with Crippen LogP contribution in [-0.4, -0.2) is 10.2 Å². The second-order valence-electron chi connectivity index (χ2n) is 4.53. The highest BCUT2D eigenvalue weighted by Crippen LogP contribution is 2.21. The largest absolute Gasteiger partial charge is 0.381 e. The van der Waals surface area contributed by atoms with Crippen LogP contribution < -0.4 is 5.32 Å². The number of nitrogens with one attached hydrogen (secondary N) is 2. The molecule has 3 rings (SSSR count). The van der Waals surface area contributed by atoms with E-state index >= 15 is 0 Å². The first-order valence-electron chi connectivity index (χ1n) is 6.39. The van der Waals surface area contributed by atoms with Gasteiger partial charge in [0, 0.05) is 28.5 Å². The molecule has 0 fully saturated rings. The lowest BCUT2D eigenvalue weighted by molar-refractivity contribution is 1.09. The fourth-order valence-electron chi connectivity index (χ4n) is 2.02. The molecule has 1 aromatic heterocycles. The lowest BCUT2D eigenvalue weighted by Crippen LogP contribution is -1.99. The topological polar surface area (TPSA) is 40.7 Å². The summed E-state index contributed by atoms with van der Waals surface area (Å²) in [4.78, 5) is 0. The summed E-state index contributed by atoms with van der Waals surface area (Å²) in [5.74, 6) is 0. The van der Waals surface area contributed by atoms with E-state index in [1.807, 2.05) is 12.1 Å². The Labute approximate surface area is 126 Å². The fourth-order valence-corrected chi connectivity index (χ4v) is 2.28. The van der Waals surface area contributed by atoms with Crippen LogP contribution in [0.2, 0.25) is 0 Å². The van der Waals surface area contributed by atoms with Crippen LogP contribution in [0.3, 0.4) is 0 Å². The molecule has 100 valence electrons. The molecule has 0 radical (unpaired) electrons. The molecule has 0 saturated carbocycles. The van der Waals surface area contributed by atoms with Crippen molar-refractivity contribution in [3.05, 3.63) is 70.8 Å². The van der Waals surface area contributed by atoms with Gasteiger partial charge in [-0.25, -0.2) is 0 Å². The molecule has 0 atom stereocenters. The Bertz CT molecular complexity index is 675. The third-order valence-electron chi connectivity index (χ3n) is 3.08. The SMILES string of the molecule is Brc1ccc(CNc2cccc(-c3ccn[nH]3)c2)cc1. The van der Waals surface area contributed by atoms with Crippen molar-refractivity contribution in [2.75, 3.05) is 5.32 Å². The van der Waals surface area contributed by atoms with Crippen LogP contribution in [0.15, 0.2) is 65.3 Å². The van der Waals surface area contributed by atoms with Gasteiger partial charge in [-0.1, -0.05) is 40.2 Å². The van der Waals surface area contributed by atoms with E-state index in [1.165, 1.54) is 5.56 Å². The number of hydrogen-bond acceptors (Lipinski definition) is 2. The predicted molar refractivity (Wildman–Crippen MR) is 85.5 cm³/mol. The van der Waals surface area contributed by atoms with Gasteiger partial charge in [0.15, 0.2) is 0 Å². The van der Waals surface area contributed by atoms with Crippen molar-refractivity contribution < 1.29 is 0 Å². The van der Waals surface area contributed by atoms with Crippen LogP contribution in [0.4, 0.5) is 5.69 Å². The molecule has 0 aliphatic heterocycles. The van der Waals surface area contributed by atoms with Crippen molar-refractivity contribution in [1.29, 1.82) is 0 Å². The third kappa shape index (κ3) is 3.08. The van der Waals surface area contributed by atoms with Gasteiger partial charge in [0.05, 0.1) is 5.69 Å². The first-order valence-corrected chi connectivity index (χ1v) is 7.19. The fraction of sp³-hybridized carbons (Fsp3) is 0.0625. The lowest BCUT2D eigenvalue weighted by atomic mass is 10.1. The van der Waals surface area contributed by atoms with E-state index in [0.29, 0.717) is 0 Å². The Balaban J connectivity index is 1.72. The Morgan fingerprint density at radius 1 is 1.05 bits per heavy atom. The highest BCUT2D eigenvalue weighted by atomic mass is 79.9. The van der Waals surface area contributed by atoms with Gasteiger partial charge in [-0.3, -0.25) is 5.10 Å². The van der Waals surface area contributed by atoms with Crippen molar-refractivity contribution in [2.45, 2.75) is 6.54 Å². The minimum Gasteiger partial charge on any atom is -0.381 e. The van der Waals surface area contributed by atoms with Crippen molar-refractivity contribution in [1.82, 2.24) is 10.2 Å². The summed E-state index contributed by atoms with van der Waals surface area (Å²) in [7, 11) is 0. The molecule has 4 heteroatoms.